The number of imidazole rings is 1. The van der Waals surface area contributed by atoms with Gasteiger partial charge in [-0.3, -0.25) is 0 Å². The van der Waals surface area contributed by atoms with Gasteiger partial charge in [0.1, 0.15) is 11.9 Å². The van der Waals surface area contributed by atoms with Crippen LogP contribution in [0.4, 0.5) is 4.79 Å². The SMILES string of the molecule is O=C(O)C1CC(O)CN1C(=O)NCc1ncc[nH]1. The van der Waals surface area contributed by atoms with Crippen LogP contribution in [0.1, 0.15) is 12.2 Å². The molecular formula is C10H14N4O4. The average molecular weight is 254 g/mol. The predicted molar refractivity (Wildman–Crippen MR) is 59.6 cm³/mol. The fourth-order valence-corrected chi connectivity index (χ4v) is 1.93. The molecule has 18 heavy (non-hydrogen) atoms. The number of likely N-dealkylation sites (tertiary alicyclic amines) is 1. The number of urea groups is 1. The van der Waals surface area contributed by atoms with E-state index in [0.29, 0.717) is 5.82 Å². The number of carboxylic acid groups (broad SMARTS) is 1. The number of carbonyl (C=O) groups excluding carboxylic acids is 1. The number of aliphatic hydroxyl groups is 1. The summed E-state index contributed by atoms with van der Waals surface area (Å²) in [5.41, 5.74) is 0. The Morgan fingerprint density at radius 1 is 1.61 bits per heavy atom. The highest BCUT2D eigenvalue weighted by atomic mass is 16.4. The van der Waals surface area contributed by atoms with Crippen LogP contribution in [0.3, 0.4) is 0 Å². The molecule has 1 aliphatic rings. The second-order valence-electron chi connectivity index (χ2n) is 4.09. The van der Waals surface area contributed by atoms with Crippen molar-refractivity contribution in [1.82, 2.24) is 20.2 Å². The van der Waals surface area contributed by atoms with Gasteiger partial charge in [0, 0.05) is 25.4 Å². The first-order chi connectivity index (χ1) is 8.58. The first-order valence-corrected chi connectivity index (χ1v) is 5.51. The maximum atomic E-state index is 11.8. The molecule has 98 valence electrons. The zero-order chi connectivity index (χ0) is 13.1. The van der Waals surface area contributed by atoms with Gasteiger partial charge in [-0.05, 0) is 0 Å². The lowest BCUT2D eigenvalue weighted by atomic mass is 10.2. The number of nitrogens with one attached hydrogen (secondary N) is 2. The van der Waals surface area contributed by atoms with E-state index in [1.807, 2.05) is 0 Å². The molecular weight excluding hydrogens is 240 g/mol. The smallest absolute Gasteiger partial charge is 0.326 e. The first kappa shape index (κ1) is 12.4. The normalized spacial score (nSPS) is 23.1. The van der Waals surface area contributed by atoms with Crippen molar-refractivity contribution in [3.05, 3.63) is 18.2 Å². The maximum Gasteiger partial charge on any atom is 0.326 e. The number of hydrogen-bond acceptors (Lipinski definition) is 4. The molecule has 2 amide bonds. The van der Waals surface area contributed by atoms with E-state index in [2.05, 4.69) is 15.3 Å². The van der Waals surface area contributed by atoms with Crippen LogP contribution < -0.4 is 5.32 Å². The standard InChI is InChI=1S/C10H14N4O4/c15-6-3-7(9(16)17)14(5-6)10(18)13-4-8-11-1-2-12-8/h1-2,6-7,15H,3-5H2,(H,11,12)(H,13,18)(H,16,17). The second kappa shape index (κ2) is 5.05. The summed E-state index contributed by atoms with van der Waals surface area (Å²) in [6.07, 6.45) is 2.45. The van der Waals surface area contributed by atoms with E-state index in [-0.39, 0.29) is 19.5 Å². The van der Waals surface area contributed by atoms with E-state index < -0.39 is 24.1 Å². The summed E-state index contributed by atoms with van der Waals surface area (Å²) in [5.74, 6) is -0.533. The molecule has 0 saturated carbocycles. The van der Waals surface area contributed by atoms with Crippen molar-refractivity contribution in [2.45, 2.75) is 25.1 Å². The molecule has 0 spiro atoms. The third-order valence-electron chi connectivity index (χ3n) is 2.79. The zero-order valence-electron chi connectivity index (χ0n) is 9.54. The van der Waals surface area contributed by atoms with Crippen molar-refractivity contribution in [2.24, 2.45) is 0 Å². The number of aliphatic hydroxyl groups excluding tert-OH is 1. The molecule has 4 N–H and O–H groups in total. The fraction of sp³-hybridized carbons (Fsp3) is 0.500. The van der Waals surface area contributed by atoms with Crippen LogP contribution in [-0.2, 0) is 11.3 Å². The Morgan fingerprint density at radius 2 is 2.39 bits per heavy atom. The molecule has 0 aromatic carbocycles. The maximum absolute atomic E-state index is 11.8. The molecule has 2 atom stereocenters. The van der Waals surface area contributed by atoms with E-state index in [4.69, 9.17) is 5.11 Å². The predicted octanol–water partition coefficient (Wildman–Crippen LogP) is -0.861. The summed E-state index contributed by atoms with van der Waals surface area (Å²) in [5, 5.41) is 20.9. The van der Waals surface area contributed by atoms with Crippen molar-refractivity contribution in [3.8, 4) is 0 Å². The summed E-state index contributed by atoms with van der Waals surface area (Å²) in [6.45, 7) is 0.214. The molecule has 0 radical (unpaired) electrons. The lowest BCUT2D eigenvalue weighted by Crippen LogP contribution is -2.46. The highest BCUT2D eigenvalue weighted by Gasteiger charge is 2.38. The van der Waals surface area contributed by atoms with Crippen LogP contribution in [0, 0.1) is 0 Å². The van der Waals surface area contributed by atoms with Crippen LogP contribution >= 0.6 is 0 Å². The minimum atomic E-state index is -1.11. The summed E-state index contributed by atoms with van der Waals surface area (Å²) < 4.78 is 0. The monoisotopic (exact) mass is 254 g/mol. The molecule has 0 aliphatic carbocycles. The Hall–Kier alpha value is -2.09. The lowest BCUT2D eigenvalue weighted by Gasteiger charge is -2.21. The van der Waals surface area contributed by atoms with Crippen LogP contribution in [-0.4, -0.2) is 55.8 Å². The van der Waals surface area contributed by atoms with E-state index in [1.165, 1.54) is 0 Å². The molecule has 2 heterocycles. The van der Waals surface area contributed by atoms with Crippen molar-refractivity contribution in [1.29, 1.82) is 0 Å². The Bertz CT molecular complexity index is 433. The number of aromatic nitrogens is 2. The molecule has 1 aromatic rings. The van der Waals surface area contributed by atoms with Gasteiger partial charge in [-0.15, -0.1) is 0 Å². The Morgan fingerprint density at radius 3 is 3.00 bits per heavy atom. The lowest BCUT2D eigenvalue weighted by molar-refractivity contribution is -0.141. The second-order valence-corrected chi connectivity index (χ2v) is 4.09. The van der Waals surface area contributed by atoms with Gasteiger partial charge in [0.05, 0.1) is 12.6 Å². The van der Waals surface area contributed by atoms with Crippen LogP contribution in [0.15, 0.2) is 12.4 Å². The van der Waals surface area contributed by atoms with Crippen molar-refractivity contribution in [2.75, 3.05) is 6.54 Å². The fourth-order valence-electron chi connectivity index (χ4n) is 1.93. The molecule has 1 aromatic heterocycles. The third-order valence-corrected chi connectivity index (χ3v) is 2.79. The van der Waals surface area contributed by atoms with Gasteiger partial charge >= 0.3 is 12.0 Å². The van der Waals surface area contributed by atoms with Gasteiger partial charge in [0.15, 0.2) is 0 Å². The summed E-state index contributed by atoms with van der Waals surface area (Å²) >= 11 is 0. The zero-order valence-corrected chi connectivity index (χ0v) is 9.54. The number of aromatic amines is 1. The van der Waals surface area contributed by atoms with Gasteiger partial charge in [0.25, 0.3) is 0 Å². The number of nitrogens with zero attached hydrogens (tertiary/aromatic N) is 2. The Kier molecular flexibility index (Phi) is 3.47. The molecule has 8 nitrogen and oxygen atoms in total. The van der Waals surface area contributed by atoms with Crippen molar-refractivity contribution in [3.63, 3.8) is 0 Å². The van der Waals surface area contributed by atoms with Gasteiger partial charge in [0.2, 0.25) is 0 Å². The number of carbonyl (C=O) groups is 2. The topological polar surface area (TPSA) is 119 Å². The van der Waals surface area contributed by atoms with E-state index in [0.717, 1.165) is 4.90 Å². The van der Waals surface area contributed by atoms with Crippen molar-refractivity contribution >= 4 is 12.0 Å². The van der Waals surface area contributed by atoms with Gasteiger partial charge in [-0.25, -0.2) is 14.6 Å². The molecule has 2 rings (SSSR count). The van der Waals surface area contributed by atoms with Gasteiger partial charge in [-0.2, -0.15) is 0 Å². The number of aliphatic carboxylic acids is 1. The Labute approximate surface area is 103 Å². The highest BCUT2D eigenvalue weighted by Crippen LogP contribution is 2.18. The molecule has 1 saturated heterocycles. The molecule has 8 heteroatoms. The number of β-amino-alcohol motifs (C(OH)–C–C–N with tert-alkyl or cyclic N) is 1. The molecule has 2 unspecified atom stereocenters. The summed E-state index contributed by atoms with van der Waals surface area (Å²) in [4.78, 5) is 30.6. The average Bonchev–Trinajstić information content (AvgIpc) is 2.94. The van der Waals surface area contributed by atoms with Crippen LogP contribution in [0.5, 0.6) is 0 Å². The summed E-state index contributed by atoms with van der Waals surface area (Å²) in [6, 6.07) is -1.49. The van der Waals surface area contributed by atoms with Gasteiger partial charge < -0.3 is 25.4 Å². The van der Waals surface area contributed by atoms with E-state index >= 15 is 0 Å². The van der Waals surface area contributed by atoms with Crippen molar-refractivity contribution < 1.29 is 19.8 Å². The Balaban J connectivity index is 1.93. The number of amides is 2. The number of carboxylic acids is 1. The quantitative estimate of drug-likeness (QED) is 0.559. The van der Waals surface area contributed by atoms with Crippen LogP contribution in [0.2, 0.25) is 0 Å². The number of H-pyrrole nitrogens is 1. The third kappa shape index (κ3) is 2.59. The minimum absolute atomic E-state index is 0.0287. The molecule has 1 fully saturated rings. The summed E-state index contributed by atoms with van der Waals surface area (Å²) in [7, 11) is 0. The van der Waals surface area contributed by atoms with E-state index in [9.17, 15) is 14.7 Å². The first-order valence-electron chi connectivity index (χ1n) is 5.51. The highest BCUT2D eigenvalue weighted by molar-refractivity contribution is 5.83. The number of rotatable bonds is 3. The van der Waals surface area contributed by atoms with E-state index in [1.54, 1.807) is 12.4 Å². The minimum Gasteiger partial charge on any atom is -0.480 e. The molecule has 1 aliphatic heterocycles. The number of hydrogen-bond donors (Lipinski definition) is 4. The molecule has 0 bridgehead atoms. The van der Waals surface area contributed by atoms with Crippen LogP contribution in [0.25, 0.3) is 0 Å². The van der Waals surface area contributed by atoms with Gasteiger partial charge in [-0.1, -0.05) is 0 Å². The largest absolute Gasteiger partial charge is 0.480 e.